The van der Waals surface area contributed by atoms with Crippen molar-refractivity contribution < 1.29 is 18.7 Å². The Kier molecular flexibility index (Phi) is 5.91. The average Bonchev–Trinajstić information content (AvgIpc) is 3.35. The number of ether oxygens (including phenoxy) is 1. The van der Waals surface area contributed by atoms with Crippen molar-refractivity contribution in [1.82, 2.24) is 0 Å². The van der Waals surface area contributed by atoms with E-state index < -0.39 is 11.9 Å². The molecule has 2 heterocycles. The van der Waals surface area contributed by atoms with Crippen LogP contribution in [0.1, 0.15) is 45.9 Å². The molecule has 0 aliphatic heterocycles. The maximum atomic E-state index is 13.1. The minimum absolute atomic E-state index is 0.243. The van der Waals surface area contributed by atoms with E-state index in [4.69, 9.17) is 9.15 Å². The third-order valence-corrected chi connectivity index (χ3v) is 6.09. The number of carbonyl (C=O) groups excluding carboxylic acids is 2. The predicted molar refractivity (Wildman–Crippen MR) is 124 cm³/mol. The number of amides is 1. The Morgan fingerprint density at radius 2 is 1.87 bits per heavy atom. The maximum absolute atomic E-state index is 13.1. The number of esters is 1. The summed E-state index contributed by atoms with van der Waals surface area (Å²) in [6.45, 7) is 5.96. The SMILES string of the molecule is CCOC(=O)c1c(-c2ccccc2)csc1NC(=O)c1oc2ccc(CC)cc2c1C. The first kappa shape index (κ1) is 20.9. The number of anilines is 1. The van der Waals surface area contributed by atoms with E-state index in [9.17, 15) is 9.59 Å². The van der Waals surface area contributed by atoms with Crippen LogP contribution in [0.2, 0.25) is 0 Å². The zero-order valence-electron chi connectivity index (χ0n) is 17.7. The molecule has 0 spiro atoms. The van der Waals surface area contributed by atoms with E-state index in [1.54, 1.807) is 6.92 Å². The molecule has 4 rings (SSSR count). The molecule has 0 saturated heterocycles. The first-order valence-electron chi connectivity index (χ1n) is 10.2. The van der Waals surface area contributed by atoms with Gasteiger partial charge < -0.3 is 14.5 Å². The zero-order valence-corrected chi connectivity index (χ0v) is 18.5. The topological polar surface area (TPSA) is 68.5 Å². The van der Waals surface area contributed by atoms with Crippen molar-refractivity contribution >= 4 is 39.2 Å². The van der Waals surface area contributed by atoms with Crippen molar-refractivity contribution in [3.63, 3.8) is 0 Å². The molecule has 0 bridgehead atoms. The third kappa shape index (κ3) is 3.99. The van der Waals surface area contributed by atoms with Gasteiger partial charge in [0, 0.05) is 21.9 Å². The van der Waals surface area contributed by atoms with E-state index in [-0.39, 0.29) is 12.4 Å². The van der Waals surface area contributed by atoms with E-state index >= 15 is 0 Å². The lowest BCUT2D eigenvalue weighted by Crippen LogP contribution is -2.15. The van der Waals surface area contributed by atoms with Crippen LogP contribution in [0.4, 0.5) is 5.00 Å². The number of carbonyl (C=O) groups is 2. The fourth-order valence-electron chi connectivity index (χ4n) is 3.55. The van der Waals surface area contributed by atoms with Gasteiger partial charge in [0.1, 0.15) is 16.1 Å². The van der Waals surface area contributed by atoms with Crippen molar-refractivity contribution in [3.8, 4) is 11.1 Å². The lowest BCUT2D eigenvalue weighted by molar-refractivity contribution is 0.0529. The number of hydrogen-bond donors (Lipinski definition) is 1. The van der Waals surface area contributed by atoms with Crippen LogP contribution in [0.25, 0.3) is 22.1 Å². The molecule has 0 fully saturated rings. The molecular weight excluding hydrogens is 410 g/mol. The number of nitrogens with one attached hydrogen (secondary N) is 1. The van der Waals surface area contributed by atoms with Crippen molar-refractivity contribution in [2.75, 3.05) is 11.9 Å². The number of fused-ring (bicyclic) bond motifs is 1. The van der Waals surface area contributed by atoms with Gasteiger partial charge in [0.05, 0.1) is 6.61 Å². The molecule has 0 saturated carbocycles. The second-order valence-corrected chi connectivity index (χ2v) is 8.01. The van der Waals surface area contributed by atoms with Crippen molar-refractivity contribution in [2.24, 2.45) is 0 Å². The quantitative estimate of drug-likeness (QED) is 0.354. The normalized spacial score (nSPS) is 10.9. The fourth-order valence-corrected chi connectivity index (χ4v) is 4.50. The van der Waals surface area contributed by atoms with Gasteiger partial charge in [-0.25, -0.2) is 4.79 Å². The molecule has 4 aromatic rings. The van der Waals surface area contributed by atoms with Gasteiger partial charge in [-0.05, 0) is 43.5 Å². The number of benzene rings is 2. The summed E-state index contributed by atoms with van der Waals surface area (Å²) < 4.78 is 11.1. The molecule has 0 atom stereocenters. The largest absolute Gasteiger partial charge is 0.462 e. The molecule has 31 heavy (non-hydrogen) atoms. The van der Waals surface area contributed by atoms with Crippen LogP contribution < -0.4 is 5.32 Å². The highest BCUT2D eigenvalue weighted by Crippen LogP contribution is 2.37. The highest BCUT2D eigenvalue weighted by molar-refractivity contribution is 7.15. The Balaban J connectivity index is 1.71. The van der Waals surface area contributed by atoms with Crippen LogP contribution in [0.3, 0.4) is 0 Å². The summed E-state index contributed by atoms with van der Waals surface area (Å²) in [6.07, 6.45) is 0.905. The predicted octanol–water partition coefficient (Wildman–Crippen LogP) is 6.46. The summed E-state index contributed by atoms with van der Waals surface area (Å²) >= 11 is 1.29. The summed E-state index contributed by atoms with van der Waals surface area (Å²) in [5.74, 6) is -0.613. The van der Waals surface area contributed by atoms with Crippen molar-refractivity contribution in [1.29, 1.82) is 0 Å². The molecular formula is C25H23NO4S. The van der Waals surface area contributed by atoms with E-state index in [1.165, 1.54) is 16.9 Å². The van der Waals surface area contributed by atoms with E-state index in [2.05, 4.69) is 12.2 Å². The first-order valence-corrected chi connectivity index (χ1v) is 11.1. The average molecular weight is 434 g/mol. The first-order chi connectivity index (χ1) is 15.0. The number of rotatable bonds is 6. The minimum atomic E-state index is -0.466. The summed E-state index contributed by atoms with van der Waals surface area (Å²) in [6, 6.07) is 15.5. The summed E-state index contributed by atoms with van der Waals surface area (Å²) in [4.78, 5) is 25.8. The standard InChI is InChI=1S/C25H23NO4S/c1-4-16-11-12-20-18(13-16)15(3)22(30-20)23(27)26-24-21(25(28)29-5-2)19(14-31-24)17-9-7-6-8-10-17/h6-14H,4-5H2,1-3H3,(H,26,27). The van der Waals surface area contributed by atoms with E-state index in [0.717, 1.165) is 28.5 Å². The third-order valence-electron chi connectivity index (χ3n) is 5.20. The molecule has 2 aromatic heterocycles. The highest BCUT2D eigenvalue weighted by atomic mass is 32.1. The Bertz CT molecular complexity index is 1250. The number of hydrogen-bond acceptors (Lipinski definition) is 5. The lowest BCUT2D eigenvalue weighted by atomic mass is 10.0. The second-order valence-electron chi connectivity index (χ2n) is 7.13. The van der Waals surface area contributed by atoms with Gasteiger partial charge >= 0.3 is 5.97 Å². The molecule has 0 radical (unpaired) electrons. The monoisotopic (exact) mass is 433 g/mol. The van der Waals surface area contributed by atoms with Gasteiger partial charge in [-0.15, -0.1) is 11.3 Å². The second kappa shape index (κ2) is 8.78. The number of furan rings is 1. The van der Waals surface area contributed by atoms with E-state index in [0.29, 0.717) is 16.1 Å². The molecule has 2 aromatic carbocycles. The molecule has 1 amide bonds. The van der Waals surface area contributed by atoms with Crippen LogP contribution >= 0.6 is 11.3 Å². The number of aryl methyl sites for hydroxylation is 2. The smallest absolute Gasteiger partial charge is 0.341 e. The Morgan fingerprint density at radius 3 is 2.58 bits per heavy atom. The van der Waals surface area contributed by atoms with Crippen molar-refractivity contribution in [3.05, 3.63) is 76.4 Å². The van der Waals surface area contributed by atoms with Gasteiger partial charge in [0.15, 0.2) is 5.76 Å². The number of thiophene rings is 1. The Labute approximate surface area is 184 Å². The Hall–Kier alpha value is -3.38. The molecule has 0 unspecified atom stereocenters. The molecule has 0 aliphatic carbocycles. The molecule has 0 aliphatic rings. The van der Waals surface area contributed by atoms with Gasteiger partial charge in [-0.3, -0.25) is 4.79 Å². The summed E-state index contributed by atoms with van der Waals surface area (Å²) in [5, 5.41) is 6.09. The Morgan fingerprint density at radius 1 is 1.10 bits per heavy atom. The van der Waals surface area contributed by atoms with Gasteiger partial charge in [-0.1, -0.05) is 43.3 Å². The van der Waals surface area contributed by atoms with Crippen LogP contribution in [0, 0.1) is 6.92 Å². The van der Waals surface area contributed by atoms with Crippen LogP contribution in [0.5, 0.6) is 0 Å². The van der Waals surface area contributed by atoms with Crippen LogP contribution in [-0.4, -0.2) is 18.5 Å². The molecule has 158 valence electrons. The lowest BCUT2D eigenvalue weighted by Gasteiger charge is -2.08. The van der Waals surface area contributed by atoms with Crippen LogP contribution in [0.15, 0.2) is 58.3 Å². The van der Waals surface area contributed by atoms with Gasteiger partial charge in [0.2, 0.25) is 0 Å². The molecule has 6 heteroatoms. The summed E-state index contributed by atoms with van der Waals surface area (Å²) in [5.41, 5.74) is 4.59. The summed E-state index contributed by atoms with van der Waals surface area (Å²) in [7, 11) is 0. The van der Waals surface area contributed by atoms with E-state index in [1.807, 2.05) is 60.8 Å². The fraction of sp³-hybridized carbons (Fsp3) is 0.200. The van der Waals surface area contributed by atoms with Crippen LogP contribution in [-0.2, 0) is 11.2 Å². The van der Waals surface area contributed by atoms with Gasteiger partial charge in [0.25, 0.3) is 5.91 Å². The molecule has 1 N–H and O–H groups in total. The maximum Gasteiger partial charge on any atom is 0.341 e. The highest BCUT2D eigenvalue weighted by Gasteiger charge is 2.25. The van der Waals surface area contributed by atoms with Crippen molar-refractivity contribution in [2.45, 2.75) is 27.2 Å². The van der Waals surface area contributed by atoms with Gasteiger partial charge in [-0.2, -0.15) is 0 Å². The minimum Gasteiger partial charge on any atom is -0.462 e. The zero-order chi connectivity index (χ0) is 22.0. The molecule has 5 nitrogen and oxygen atoms in total.